The summed E-state index contributed by atoms with van der Waals surface area (Å²) in [7, 11) is 0. The van der Waals surface area contributed by atoms with Gasteiger partial charge in [-0.05, 0) is 0 Å². The van der Waals surface area contributed by atoms with Gasteiger partial charge in [0.2, 0.25) is 0 Å². The van der Waals surface area contributed by atoms with Gasteiger partial charge in [0.25, 0.3) is 0 Å². The molecule has 0 aromatic heterocycles. The summed E-state index contributed by atoms with van der Waals surface area (Å²) in [4.78, 5) is 0. The summed E-state index contributed by atoms with van der Waals surface area (Å²) in [6.45, 7) is 0. The van der Waals surface area contributed by atoms with Gasteiger partial charge in [-0.25, -0.2) is 0 Å². The molecule has 0 aliphatic heterocycles. The van der Waals surface area contributed by atoms with E-state index < -0.39 is 0 Å². The van der Waals surface area contributed by atoms with E-state index in [1.807, 2.05) is 24.3 Å². The second-order valence-electron chi connectivity index (χ2n) is 1.81. The van der Waals surface area contributed by atoms with Crippen molar-refractivity contribution in [1.82, 2.24) is 0 Å². The van der Waals surface area contributed by atoms with Crippen LogP contribution in [0.25, 0.3) is 0 Å². The monoisotopic (exact) mass is 294 g/mol. The van der Waals surface area contributed by atoms with Crippen LogP contribution in [0, 0.1) is 11.3 Å². The fourth-order valence-electron chi connectivity index (χ4n) is 0.641. The van der Waals surface area contributed by atoms with Gasteiger partial charge in [0.15, 0.2) is 0 Å². The standard InChI is InChI=1S/C7H4N.HI.Zn/c8-6-7-4-2-1-3-5-7;;/h1-2,4-5H;1H;. The van der Waals surface area contributed by atoms with Gasteiger partial charge in [-0.1, -0.05) is 0 Å². The molecular weight excluding hydrogens is 290 g/mol. The number of rotatable bonds is 0. The number of hydrogen-bond donors (Lipinski definition) is 0. The summed E-state index contributed by atoms with van der Waals surface area (Å²) in [5.74, 6) is 0. The zero-order valence-corrected chi connectivity index (χ0v) is 10.7. The van der Waals surface area contributed by atoms with E-state index >= 15 is 0 Å². The Kier molecular flexibility index (Phi) is 4.84. The van der Waals surface area contributed by atoms with E-state index in [4.69, 9.17) is 5.26 Å². The Hall–Kier alpha value is 0.0634. The molecule has 0 fully saturated rings. The third-order valence-electron chi connectivity index (χ3n) is 1.06. The molecule has 0 heterocycles. The van der Waals surface area contributed by atoms with Crippen molar-refractivity contribution in [2.45, 2.75) is 0 Å². The molecule has 10 heavy (non-hydrogen) atoms. The second-order valence-corrected chi connectivity index (χ2v) is 3.53. The first-order valence-electron chi connectivity index (χ1n) is 2.65. The van der Waals surface area contributed by atoms with Gasteiger partial charge in [0, 0.05) is 0 Å². The van der Waals surface area contributed by atoms with E-state index in [1.165, 1.54) is 4.16 Å². The number of nitrogens with zero attached hydrogens (tertiary/aromatic N) is 1. The molecule has 0 aliphatic carbocycles. The van der Waals surface area contributed by atoms with E-state index in [2.05, 4.69) is 6.07 Å². The minimum atomic E-state index is 0. The first-order chi connectivity index (χ1) is 4.33. The summed E-state index contributed by atoms with van der Waals surface area (Å²) in [5.41, 5.74) is 0.763. The summed E-state index contributed by atoms with van der Waals surface area (Å²) >= 11 is 1.12. The first kappa shape index (κ1) is 10.1. The minimum absolute atomic E-state index is 0. The third kappa shape index (κ3) is 2.76. The van der Waals surface area contributed by atoms with Crippen LogP contribution in [0.3, 0.4) is 0 Å². The fourth-order valence-corrected chi connectivity index (χ4v) is 1.39. The second kappa shape index (κ2) is 4.81. The summed E-state index contributed by atoms with van der Waals surface area (Å²) < 4.78 is 1.26. The molecule has 3 heteroatoms. The zero-order valence-electron chi connectivity index (χ0n) is 5.37. The third-order valence-corrected chi connectivity index (χ3v) is 1.98. The van der Waals surface area contributed by atoms with Crippen LogP contribution in [-0.4, -0.2) is 0 Å². The molecule has 0 amide bonds. The Labute approximate surface area is 87.1 Å². The molecule has 47 valence electrons. The summed E-state index contributed by atoms with van der Waals surface area (Å²) in [6, 6.07) is 9.77. The number of halogens is 1. The molecule has 0 spiro atoms. The molecule has 0 radical (unpaired) electrons. The van der Waals surface area contributed by atoms with Crippen molar-refractivity contribution < 1.29 is 18.3 Å². The Morgan fingerprint density at radius 2 is 2.10 bits per heavy atom. The molecule has 0 atom stereocenters. The average molecular weight is 295 g/mol. The molecule has 0 N–H and O–H groups in total. The predicted molar refractivity (Wildman–Crippen MR) is 46.2 cm³/mol. The van der Waals surface area contributed by atoms with Gasteiger partial charge in [0.05, 0.1) is 0 Å². The topological polar surface area (TPSA) is 23.8 Å². The van der Waals surface area contributed by atoms with Crippen LogP contribution in [0.4, 0.5) is 0 Å². The molecule has 0 bridgehead atoms. The van der Waals surface area contributed by atoms with Crippen LogP contribution in [0.15, 0.2) is 24.3 Å². The summed E-state index contributed by atoms with van der Waals surface area (Å²) in [6.07, 6.45) is 0. The van der Waals surface area contributed by atoms with Crippen LogP contribution >= 0.6 is 24.0 Å². The van der Waals surface area contributed by atoms with E-state index in [1.54, 1.807) is 0 Å². The van der Waals surface area contributed by atoms with Crippen molar-refractivity contribution in [3.05, 3.63) is 29.8 Å². The number of hydrogen-bond acceptors (Lipinski definition) is 1. The van der Waals surface area contributed by atoms with Crippen molar-refractivity contribution in [3.8, 4) is 6.07 Å². The average Bonchev–Trinajstić information content (AvgIpc) is 1.88. The Balaban J connectivity index is 0.000000810. The fraction of sp³-hybridized carbons (Fsp3) is 0. The van der Waals surface area contributed by atoms with Crippen molar-refractivity contribution in [3.63, 3.8) is 0 Å². The van der Waals surface area contributed by atoms with E-state index in [0.717, 1.165) is 23.9 Å². The van der Waals surface area contributed by atoms with Gasteiger partial charge >= 0.3 is 63.6 Å². The Bertz CT molecular complexity index is 254. The quantitative estimate of drug-likeness (QED) is 0.523. The maximum absolute atomic E-state index is 8.43. The molecule has 0 saturated carbocycles. The van der Waals surface area contributed by atoms with Crippen molar-refractivity contribution in [2.24, 2.45) is 0 Å². The molecule has 1 aromatic carbocycles. The van der Waals surface area contributed by atoms with Crippen molar-refractivity contribution in [1.29, 1.82) is 5.26 Å². The zero-order chi connectivity index (χ0) is 6.69. The molecule has 0 saturated heterocycles. The Morgan fingerprint density at radius 1 is 1.40 bits per heavy atom. The van der Waals surface area contributed by atoms with E-state index in [-0.39, 0.29) is 24.0 Å². The van der Waals surface area contributed by atoms with Crippen LogP contribution in [0.5, 0.6) is 0 Å². The Morgan fingerprint density at radius 3 is 2.50 bits per heavy atom. The van der Waals surface area contributed by atoms with Gasteiger partial charge in [0.1, 0.15) is 0 Å². The summed E-state index contributed by atoms with van der Waals surface area (Å²) in [5, 5.41) is 8.43. The SMILES string of the molecule is I.N#Cc1ccc[c]([Zn])c1. The van der Waals surface area contributed by atoms with Crippen LogP contribution in [0.2, 0.25) is 0 Å². The van der Waals surface area contributed by atoms with Gasteiger partial charge in [-0.2, -0.15) is 0 Å². The molecule has 0 unspecified atom stereocenters. The van der Waals surface area contributed by atoms with Crippen LogP contribution in [-0.2, 0) is 18.3 Å². The molecule has 0 aliphatic rings. The number of nitriles is 1. The molecule has 1 nitrogen and oxygen atoms in total. The van der Waals surface area contributed by atoms with Gasteiger partial charge in [-0.3, -0.25) is 0 Å². The van der Waals surface area contributed by atoms with Gasteiger partial charge in [-0.15, -0.1) is 24.0 Å². The van der Waals surface area contributed by atoms with E-state index in [9.17, 15) is 0 Å². The van der Waals surface area contributed by atoms with Crippen molar-refractivity contribution >= 4 is 28.1 Å². The molecule has 1 rings (SSSR count). The number of benzene rings is 1. The molecule has 1 aromatic rings. The molecular formula is C7H5INZn. The predicted octanol–water partition coefficient (Wildman–Crippen LogP) is 1.35. The maximum atomic E-state index is 8.43. The van der Waals surface area contributed by atoms with E-state index in [0.29, 0.717) is 0 Å². The first-order valence-corrected chi connectivity index (χ1v) is 4.13. The van der Waals surface area contributed by atoms with Gasteiger partial charge < -0.3 is 0 Å². The van der Waals surface area contributed by atoms with Crippen LogP contribution < -0.4 is 4.16 Å². The van der Waals surface area contributed by atoms with Crippen LogP contribution in [0.1, 0.15) is 5.56 Å². The normalized spacial score (nSPS) is 7.70. The van der Waals surface area contributed by atoms with Crippen molar-refractivity contribution in [2.75, 3.05) is 0 Å².